The number of aromatic amines is 1. The molecule has 0 fully saturated rings. The molecule has 0 radical (unpaired) electrons. The number of ether oxygens (including phenoxy) is 1. The number of amides is 1. The Bertz CT molecular complexity index is 1290. The smallest absolute Gasteiger partial charge is 0.332 e. The summed E-state index contributed by atoms with van der Waals surface area (Å²) in [6, 6.07) is 13.2. The SMILES string of the molecule is COc1ccccc1-n1c(=O)[nH]c2c(C(N)=O)nc(Nc3cccc(O)c3)nc21. The summed E-state index contributed by atoms with van der Waals surface area (Å²) in [5, 5.41) is 12.5. The van der Waals surface area contributed by atoms with Crippen LogP contribution in [0.25, 0.3) is 16.9 Å². The molecule has 0 atom stereocenters. The fraction of sp³-hybridized carbons (Fsp3) is 0.0526. The van der Waals surface area contributed by atoms with Crippen LogP contribution in [0.4, 0.5) is 11.6 Å². The molecule has 1 amide bonds. The van der Waals surface area contributed by atoms with Crippen LogP contribution in [0, 0.1) is 0 Å². The van der Waals surface area contributed by atoms with E-state index in [1.807, 2.05) is 0 Å². The van der Waals surface area contributed by atoms with Crippen LogP contribution in [0.3, 0.4) is 0 Å². The van der Waals surface area contributed by atoms with Crippen LogP contribution in [0.1, 0.15) is 10.5 Å². The molecule has 4 aromatic rings. The van der Waals surface area contributed by atoms with E-state index >= 15 is 0 Å². The molecule has 146 valence electrons. The van der Waals surface area contributed by atoms with Gasteiger partial charge in [-0.1, -0.05) is 18.2 Å². The molecule has 0 bridgehead atoms. The molecule has 5 N–H and O–H groups in total. The van der Waals surface area contributed by atoms with Crippen molar-refractivity contribution < 1.29 is 14.6 Å². The van der Waals surface area contributed by atoms with E-state index in [-0.39, 0.29) is 28.6 Å². The lowest BCUT2D eigenvalue weighted by Crippen LogP contribution is -2.16. The molecule has 0 unspecified atom stereocenters. The third-order valence-corrected chi connectivity index (χ3v) is 4.20. The van der Waals surface area contributed by atoms with Crippen LogP contribution in [-0.2, 0) is 0 Å². The third-order valence-electron chi connectivity index (χ3n) is 4.20. The first-order chi connectivity index (χ1) is 14.0. The number of carbonyl (C=O) groups is 1. The number of aromatic nitrogens is 4. The fourth-order valence-electron chi connectivity index (χ4n) is 2.97. The summed E-state index contributed by atoms with van der Waals surface area (Å²) in [6.07, 6.45) is 0. The topological polar surface area (TPSA) is 148 Å². The van der Waals surface area contributed by atoms with E-state index in [0.29, 0.717) is 17.1 Å². The fourth-order valence-corrected chi connectivity index (χ4v) is 2.97. The van der Waals surface area contributed by atoms with Gasteiger partial charge in [0.25, 0.3) is 5.91 Å². The normalized spacial score (nSPS) is 10.8. The maximum absolute atomic E-state index is 12.7. The third kappa shape index (κ3) is 3.23. The molecule has 0 spiro atoms. The van der Waals surface area contributed by atoms with E-state index in [0.717, 1.165) is 0 Å². The predicted octanol–water partition coefficient (Wildman–Crippen LogP) is 1.67. The summed E-state index contributed by atoms with van der Waals surface area (Å²) in [7, 11) is 1.48. The second-order valence-corrected chi connectivity index (χ2v) is 6.07. The highest BCUT2D eigenvalue weighted by atomic mass is 16.5. The molecule has 2 heterocycles. The summed E-state index contributed by atoms with van der Waals surface area (Å²) >= 11 is 0. The first-order valence-electron chi connectivity index (χ1n) is 8.50. The number of rotatable bonds is 5. The Morgan fingerprint density at radius 3 is 2.72 bits per heavy atom. The first kappa shape index (κ1) is 18.0. The van der Waals surface area contributed by atoms with Crippen molar-refractivity contribution in [3.8, 4) is 17.2 Å². The molecule has 10 heteroatoms. The molecule has 0 aliphatic heterocycles. The lowest BCUT2D eigenvalue weighted by atomic mass is 10.3. The van der Waals surface area contributed by atoms with Crippen LogP contribution in [0.2, 0.25) is 0 Å². The van der Waals surface area contributed by atoms with E-state index in [9.17, 15) is 14.7 Å². The number of nitrogens with two attached hydrogens (primary N) is 1. The second kappa shape index (κ2) is 7.00. The summed E-state index contributed by atoms with van der Waals surface area (Å²) < 4.78 is 6.61. The van der Waals surface area contributed by atoms with E-state index < -0.39 is 11.6 Å². The molecule has 0 aliphatic carbocycles. The monoisotopic (exact) mass is 392 g/mol. The van der Waals surface area contributed by atoms with Gasteiger partial charge in [-0.2, -0.15) is 4.98 Å². The van der Waals surface area contributed by atoms with E-state index in [4.69, 9.17) is 10.5 Å². The highest BCUT2D eigenvalue weighted by Gasteiger charge is 2.21. The Labute approximate surface area is 163 Å². The highest BCUT2D eigenvalue weighted by Crippen LogP contribution is 2.26. The number of primary amides is 1. The van der Waals surface area contributed by atoms with Crippen molar-refractivity contribution in [1.82, 2.24) is 19.5 Å². The van der Waals surface area contributed by atoms with Crippen LogP contribution in [-0.4, -0.2) is 37.6 Å². The number of nitrogens with one attached hydrogen (secondary N) is 2. The number of aromatic hydroxyl groups is 1. The van der Waals surface area contributed by atoms with E-state index in [1.54, 1.807) is 36.4 Å². The standard InChI is InChI=1S/C19H16N6O4/c1-29-13-8-3-2-7-12(13)25-17-15(23-19(25)28)14(16(20)27)22-18(24-17)21-10-5-4-6-11(26)9-10/h2-9,26H,1H3,(H2,20,27)(H,23,28)(H,21,22,24). The maximum Gasteiger partial charge on any atom is 0.332 e. The number of fused-ring (bicyclic) bond motifs is 1. The van der Waals surface area contributed by atoms with Gasteiger partial charge >= 0.3 is 5.69 Å². The zero-order valence-corrected chi connectivity index (χ0v) is 15.2. The largest absolute Gasteiger partial charge is 0.508 e. The zero-order valence-electron chi connectivity index (χ0n) is 15.2. The van der Waals surface area contributed by atoms with Crippen LogP contribution in [0.15, 0.2) is 53.3 Å². The van der Waals surface area contributed by atoms with Gasteiger partial charge in [-0.25, -0.2) is 14.3 Å². The Kier molecular flexibility index (Phi) is 4.36. The van der Waals surface area contributed by atoms with Gasteiger partial charge in [-0.15, -0.1) is 0 Å². The highest BCUT2D eigenvalue weighted by molar-refractivity contribution is 6.02. The molecule has 2 aromatic carbocycles. The Hall–Kier alpha value is -4.34. The van der Waals surface area contributed by atoms with E-state index in [1.165, 1.54) is 23.8 Å². The minimum atomic E-state index is -0.829. The average Bonchev–Trinajstić information content (AvgIpc) is 3.02. The van der Waals surface area contributed by atoms with Crippen LogP contribution < -0.4 is 21.5 Å². The number of imidazole rings is 1. The number of nitrogens with zero attached hydrogens (tertiary/aromatic N) is 3. The van der Waals surface area contributed by atoms with Crippen LogP contribution >= 0.6 is 0 Å². The molecule has 0 aliphatic rings. The lowest BCUT2D eigenvalue weighted by Gasteiger charge is -2.10. The number of hydrogen-bond acceptors (Lipinski definition) is 7. The van der Waals surface area contributed by atoms with Gasteiger partial charge in [0, 0.05) is 11.8 Å². The number of phenols is 1. The summed E-state index contributed by atoms with van der Waals surface area (Å²) in [4.78, 5) is 35.7. The van der Waals surface area contributed by atoms with Gasteiger partial charge in [0.05, 0.1) is 12.8 Å². The minimum absolute atomic E-state index is 0.0274. The molecule has 10 nitrogen and oxygen atoms in total. The average molecular weight is 392 g/mol. The lowest BCUT2D eigenvalue weighted by molar-refractivity contribution is 0.0997. The van der Waals surface area contributed by atoms with Crippen LogP contribution in [0.5, 0.6) is 11.5 Å². The van der Waals surface area contributed by atoms with Gasteiger partial charge in [0.1, 0.15) is 17.0 Å². The van der Waals surface area contributed by atoms with Gasteiger partial charge in [0.15, 0.2) is 11.3 Å². The summed E-state index contributed by atoms with van der Waals surface area (Å²) in [5.74, 6) is -0.319. The second-order valence-electron chi connectivity index (χ2n) is 6.07. The van der Waals surface area contributed by atoms with Gasteiger partial charge in [0.2, 0.25) is 5.95 Å². The number of methoxy groups -OCH3 is 1. The molecule has 2 aromatic heterocycles. The quantitative estimate of drug-likeness (QED) is 0.404. The van der Waals surface area contributed by atoms with Crippen molar-refractivity contribution in [1.29, 1.82) is 0 Å². The molecule has 0 saturated heterocycles. The number of hydrogen-bond donors (Lipinski definition) is 4. The number of benzene rings is 2. The first-order valence-corrected chi connectivity index (χ1v) is 8.50. The molecule has 4 rings (SSSR count). The molecule has 29 heavy (non-hydrogen) atoms. The van der Waals surface area contributed by atoms with Crippen molar-refractivity contribution in [2.75, 3.05) is 12.4 Å². The number of carbonyl (C=O) groups excluding carboxylic acids is 1. The van der Waals surface area contributed by atoms with Crippen molar-refractivity contribution in [3.63, 3.8) is 0 Å². The van der Waals surface area contributed by atoms with Gasteiger partial charge < -0.3 is 25.9 Å². The van der Waals surface area contributed by atoms with Gasteiger partial charge in [-0.05, 0) is 24.3 Å². The Morgan fingerprint density at radius 1 is 1.21 bits per heavy atom. The number of para-hydroxylation sites is 2. The predicted molar refractivity (Wildman–Crippen MR) is 106 cm³/mol. The van der Waals surface area contributed by atoms with Crippen molar-refractivity contribution in [2.24, 2.45) is 5.73 Å². The molecule has 0 saturated carbocycles. The minimum Gasteiger partial charge on any atom is -0.508 e. The zero-order chi connectivity index (χ0) is 20.5. The summed E-state index contributed by atoms with van der Waals surface area (Å²) in [6.45, 7) is 0. The molecular formula is C19H16N6O4. The van der Waals surface area contributed by atoms with Crippen molar-refractivity contribution >= 4 is 28.7 Å². The maximum atomic E-state index is 12.7. The summed E-state index contributed by atoms with van der Waals surface area (Å²) in [5.41, 5.74) is 5.96. The van der Waals surface area contributed by atoms with Gasteiger partial charge in [-0.3, -0.25) is 4.79 Å². The number of anilines is 2. The number of phenolic OH excluding ortho intramolecular Hbond substituents is 1. The van der Waals surface area contributed by atoms with E-state index in [2.05, 4.69) is 20.3 Å². The molecular weight excluding hydrogens is 376 g/mol. The van der Waals surface area contributed by atoms with Crippen molar-refractivity contribution in [3.05, 3.63) is 64.7 Å². The Morgan fingerprint density at radius 2 is 2.00 bits per heavy atom. The number of H-pyrrole nitrogens is 1. The Balaban J connectivity index is 1.96. The van der Waals surface area contributed by atoms with Crippen molar-refractivity contribution in [2.45, 2.75) is 0 Å².